The van der Waals surface area contributed by atoms with Gasteiger partial charge < -0.3 is 5.32 Å². The smallest absolute Gasteiger partial charge is 0.0410 e. The van der Waals surface area contributed by atoms with E-state index in [1.54, 1.807) is 6.20 Å². The number of pyridine rings is 1. The maximum Gasteiger partial charge on any atom is 0.0410 e. The topological polar surface area (TPSA) is 24.9 Å². The number of hydrogen-bond donors (Lipinski definition) is 1. The third kappa shape index (κ3) is 3.90. The molecule has 18 heavy (non-hydrogen) atoms. The van der Waals surface area contributed by atoms with Gasteiger partial charge in [-0.1, -0.05) is 28.1 Å². The molecule has 0 saturated heterocycles. The van der Waals surface area contributed by atoms with Crippen molar-refractivity contribution in [2.45, 2.75) is 19.5 Å². The molecular formula is C14H14Br2N2. The lowest BCUT2D eigenvalue weighted by Crippen LogP contribution is -2.18. The molecule has 1 heterocycles. The van der Waals surface area contributed by atoms with Crippen LogP contribution < -0.4 is 5.32 Å². The standard InChI is InChI=1S/C14H14Br2N2/c1-10(12-2-4-13(15)5-3-12)18-8-11-6-14(16)9-17-7-11/h2-7,9-10,18H,8H2,1H3/t10-/m1/s1. The first-order chi connectivity index (χ1) is 8.65. The van der Waals surface area contributed by atoms with Crippen LogP contribution in [0.3, 0.4) is 0 Å². The van der Waals surface area contributed by atoms with E-state index in [0.717, 1.165) is 15.5 Å². The minimum Gasteiger partial charge on any atom is -0.306 e. The van der Waals surface area contributed by atoms with Crippen molar-refractivity contribution in [3.63, 3.8) is 0 Å². The van der Waals surface area contributed by atoms with E-state index in [0.29, 0.717) is 6.04 Å². The van der Waals surface area contributed by atoms with Crippen molar-refractivity contribution in [2.24, 2.45) is 0 Å². The molecule has 0 aliphatic rings. The molecule has 1 N–H and O–H groups in total. The maximum absolute atomic E-state index is 4.15. The van der Waals surface area contributed by atoms with Gasteiger partial charge >= 0.3 is 0 Å². The summed E-state index contributed by atoms with van der Waals surface area (Å²) in [5.74, 6) is 0. The molecule has 0 aliphatic heterocycles. The summed E-state index contributed by atoms with van der Waals surface area (Å²) in [6.45, 7) is 2.97. The Bertz CT molecular complexity index is 511. The highest BCUT2D eigenvalue weighted by molar-refractivity contribution is 9.10. The predicted molar refractivity (Wildman–Crippen MR) is 81.3 cm³/mol. The third-order valence-corrected chi connectivity index (χ3v) is 3.71. The van der Waals surface area contributed by atoms with Crippen LogP contribution in [-0.2, 0) is 6.54 Å². The van der Waals surface area contributed by atoms with Crippen molar-refractivity contribution in [2.75, 3.05) is 0 Å². The van der Waals surface area contributed by atoms with Gasteiger partial charge in [0.05, 0.1) is 0 Å². The molecule has 0 saturated carbocycles. The van der Waals surface area contributed by atoms with Gasteiger partial charge in [0.2, 0.25) is 0 Å². The van der Waals surface area contributed by atoms with E-state index in [2.05, 4.69) is 79.4 Å². The summed E-state index contributed by atoms with van der Waals surface area (Å²) < 4.78 is 2.12. The number of nitrogens with one attached hydrogen (secondary N) is 1. The van der Waals surface area contributed by atoms with Crippen LogP contribution in [0.4, 0.5) is 0 Å². The van der Waals surface area contributed by atoms with Gasteiger partial charge in [-0.05, 0) is 52.2 Å². The molecule has 0 amide bonds. The van der Waals surface area contributed by atoms with E-state index in [-0.39, 0.29) is 0 Å². The Morgan fingerprint density at radius 1 is 1.11 bits per heavy atom. The number of rotatable bonds is 4. The number of halogens is 2. The first-order valence-corrected chi connectivity index (χ1v) is 7.32. The molecule has 94 valence electrons. The minimum atomic E-state index is 0.317. The highest BCUT2D eigenvalue weighted by atomic mass is 79.9. The van der Waals surface area contributed by atoms with Crippen LogP contribution in [0.2, 0.25) is 0 Å². The lowest BCUT2D eigenvalue weighted by molar-refractivity contribution is 0.573. The van der Waals surface area contributed by atoms with Gasteiger partial charge in [0, 0.05) is 33.9 Å². The molecule has 0 aliphatic carbocycles. The number of benzene rings is 1. The average molecular weight is 370 g/mol. The van der Waals surface area contributed by atoms with Gasteiger partial charge in [0.25, 0.3) is 0 Å². The Balaban J connectivity index is 1.96. The highest BCUT2D eigenvalue weighted by Gasteiger charge is 2.04. The summed E-state index contributed by atoms with van der Waals surface area (Å²) in [6.07, 6.45) is 3.67. The fourth-order valence-electron chi connectivity index (χ4n) is 1.69. The molecule has 1 aromatic carbocycles. The lowest BCUT2D eigenvalue weighted by Gasteiger charge is -2.14. The van der Waals surface area contributed by atoms with Crippen molar-refractivity contribution in [1.82, 2.24) is 10.3 Å². The van der Waals surface area contributed by atoms with Crippen LogP contribution >= 0.6 is 31.9 Å². The van der Waals surface area contributed by atoms with Gasteiger partial charge in [-0.15, -0.1) is 0 Å². The van der Waals surface area contributed by atoms with Crippen molar-refractivity contribution in [3.8, 4) is 0 Å². The Hall–Kier alpha value is -0.710. The lowest BCUT2D eigenvalue weighted by atomic mass is 10.1. The summed E-state index contributed by atoms with van der Waals surface area (Å²) in [5, 5.41) is 3.49. The largest absolute Gasteiger partial charge is 0.306 e. The van der Waals surface area contributed by atoms with Crippen LogP contribution in [0.1, 0.15) is 24.1 Å². The second-order valence-electron chi connectivity index (χ2n) is 4.17. The molecule has 0 radical (unpaired) electrons. The van der Waals surface area contributed by atoms with Crippen molar-refractivity contribution < 1.29 is 0 Å². The summed E-state index contributed by atoms with van der Waals surface area (Å²) in [5.41, 5.74) is 2.45. The molecule has 0 bridgehead atoms. The predicted octanol–water partition coefficient (Wildman–Crippen LogP) is 4.46. The summed E-state index contributed by atoms with van der Waals surface area (Å²) in [7, 11) is 0. The first kappa shape index (κ1) is 13.7. The number of nitrogens with zero attached hydrogens (tertiary/aromatic N) is 1. The normalized spacial score (nSPS) is 12.4. The SMILES string of the molecule is C[C@@H](NCc1cncc(Br)c1)c1ccc(Br)cc1. The quantitative estimate of drug-likeness (QED) is 0.860. The molecule has 1 aromatic heterocycles. The van der Waals surface area contributed by atoms with Crippen LogP contribution in [0.15, 0.2) is 51.7 Å². The fraction of sp³-hybridized carbons (Fsp3) is 0.214. The van der Waals surface area contributed by atoms with Crippen LogP contribution in [-0.4, -0.2) is 4.98 Å². The zero-order valence-corrected chi connectivity index (χ0v) is 13.2. The molecule has 2 rings (SSSR count). The van der Waals surface area contributed by atoms with E-state index in [9.17, 15) is 0 Å². The summed E-state index contributed by atoms with van der Waals surface area (Å²) in [6, 6.07) is 10.8. The Kier molecular flexibility index (Phi) is 4.92. The van der Waals surface area contributed by atoms with Gasteiger partial charge in [0.1, 0.15) is 0 Å². The molecule has 0 spiro atoms. The number of hydrogen-bond acceptors (Lipinski definition) is 2. The van der Waals surface area contributed by atoms with Crippen LogP contribution in [0, 0.1) is 0 Å². The summed E-state index contributed by atoms with van der Waals surface area (Å²) >= 11 is 6.87. The Morgan fingerprint density at radius 2 is 1.83 bits per heavy atom. The average Bonchev–Trinajstić information content (AvgIpc) is 2.37. The van der Waals surface area contributed by atoms with E-state index >= 15 is 0 Å². The van der Waals surface area contributed by atoms with Gasteiger partial charge in [-0.3, -0.25) is 4.98 Å². The highest BCUT2D eigenvalue weighted by Crippen LogP contribution is 2.17. The third-order valence-electron chi connectivity index (χ3n) is 2.74. The summed E-state index contributed by atoms with van der Waals surface area (Å²) in [4.78, 5) is 4.15. The van der Waals surface area contributed by atoms with E-state index in [1.807, 2.05) is 6.20 Å². The van der Waals surface area contributed by atoms with Gasteiger partial charge in [0.15, 0.2) is 0 Å². The molecule has 1 atom stereocenters. The second kappa shape index (κ2) is 6.45. The molecule has 2 nitrogen and oxygen atoms in total. The Labute approximate surface area is 124 Å². The van der Waals surface area contributed by atoms with Crippen molar-refractivity contribution >= 4 is 31.9 Å². The monoisotopic (exact) mass is 368 g/mol. The zero-order valence-electron chi connectivity index (χ0n) is 10.0. The van der Waals surface area contributed by atoms with Crippen LogP contribution in [0.5, 0.6) is 0 Å². The van der Waals surface area contributed by atoms with Gasteiger partial charge in [-0.2, -0.15) is 0 Å². The zero-order chi connectivity index (χ0) is 13.0. The Morgan fingerprint density at radius 3 is 2.50 bits per heavy atom. The van der Waals surface area contributed by atoms with Crippen molar-refractivity contribution in [1.29, 1.82) is 0 Å². The minimum absolute atomic E-state index is 0.317. The van der Waals surface area contributed by atoms with E-state index in [4.69, 9.17) is 0 Å². The number of aromatic nitrogens is 1. The molecule has 0 unspecified atom stereocenters. The van der Waals surface area contributed by atoms with E-state index in [1.165, 1.54) is 11.1 Å². The maximum atomic E-state index is 4.15. The van der Waals surface area contributed by atoms with Crippen molar-refractivity contribution in [3.05, 3.63) is 62.8 Å². The van der Waals surface area contributed by atoms with E-state index < -0.39 is 0 Å². The fourth-order valence-corrected chi connectivity index (χ4v) is 2.37. The van der Waals surface area contributed by atoms with Crippen LogP contribution in [0.25, 0.3) is 0 Å². The molecule has 0 fully saturated rings. The molecule has 4 heteroatoms. The van der Waals surface area contributed by atoms with Gasteiger partial charge in [-0.25, -0.2) is 0 Å². The molecular weight excluding hydrogens is 356 g/mol. The molecule has 2 aromatic rings. The second-order valence-corrected chi connectivity index (χ2v) is 6.00. The first-order valence-electron chi connectivity index (χ1n) is 5.73.